The highest BCUT2D eigenvalue weighted by Gasteiger charge is 2.11. The van der Waals surface area contributed by atoms with Crippen LogP contribution in [0.2, 0.25) is 0 Å². The first kappa shape index (κ1) is 14.8. The summed E-state index contributed by atoms with van der Waals surface area (Å²) in [6.45, 7) is 6.22. The van der Waals surface area contributed by atoms with E-state index in [-0.39, 0.29) is 0 Å². The molecular formula is C16H23N3O. The summed E-state index contributed by atoms with van der Waals surface area (Å²) < 4.78 is 5.69. The van der Waals surface area contributed by atoms with Crippen LogP contribution in [0.3, 0.4) is 0 Å². The third-order valence-corrected chi connectivity index (χ3v) is 3.73. The maximum atomic E-state index is 8.99. The van der Waals surface area contributed by atoms with Crippen molar-refractivity contribution in [1.29, 1.82) is 5.26 Å². The molecule has 0 unspecified atom stereocenters. The van der Waals surface area contributed by atoms with Crippen LogP contribution in [0, 0.1) is 11.3 Å². The van der Waals surface area contributed by atoms with E-state index in [1.165, 1.54) is 25.9 Å². The fourth-order valence-electron chi connectivity index (χ4n) is 2.43. The highest BCUT2D eigenvalue weighted by atomic mass is 16.5. The first-order valence-electron chi connectivity index (χ1n) is 7.32. The topological polar surface area (TPSA) is 39.5 Å². The lowest BCUT2D eigenvalue weighted by atomic mass is 10.2. The van der Waals surface area contributed by atoms with Gasteiger partial charge in [0.2, 0.25) is 0 Å². The first-order chi connectivity index (χ1) is 9.79. The fraction of sp³-hybridized carbons (Fsp3) is 0.562. The molecule has 1 fully saturated rings. The molecule has 1 aliphatic rings. The van der Waals surface area contributed by atoms with Gasteiger partial charge in [-0.1, -0.05) is 12.1 Å². The van der Waals surface area contributed by atoms with E-state index < -0.39 is 0 Å². The van der Waals surface area contributed by atoms with E-state index in [0.29, 0.717) is 17.9 Å². The molecule has 108 valence electrons. The number of benzene rings is 1. The summed E-state index contributed by atoms with van der Waals surface area (Å²) in [7, 11) is 2.12. The van der Waals surface area contributed by atoms with Crippen LogP contribution in [0.4, 0.5) is 0 Å². The highest BCUT2D eigenvalue weighted by Crippen LogP contribution is 2.16. The molecule has 4 nitrogen and oxygen atoms in total. The second-order valence-electron chi connectivity index (χ2n) is 5.31. The number of nitrogens with zero attached hydrogens (tertiary/aromatic N) is 3. The van der Waals surface area contributed by atoms with Gasteiger partial charge in [0.25, 0.3) is 0 Å². The van der Waals surface area contributed by atoms with Gasteiger partial charge >= 0.3 is 0 Å². The van der Waals surface area contributed by atoms with Crippen molar-refractivity contribution in [1.82, 2.24) is 9.80 Å². The minimum atomic E-state index is 0.604. The van der Waals surface area contributed by atoms with Gasteiger partial charge in [-0.2, -0.15) is 5.26 Å². The van der Waals surface area contributed by atoms with Gasteiger partial charge in [0.1, 0.15) is 18.4 Å². The molecule has 0 radical (unpaired) electrons. The molecule has 1 saturated heterocycles. The fourth-order valence-corrected chi connectivity index (χ4v) is 2.43. The Balaban J connectivity index is 1.66. The lowest BCUT2D eigenvalue weighted by Crippen LogP contribution is -2.33. The number of likely N-dealkylation sites (N-methyl/N-ethyl adjacent to an activating group) is 1. The van der Waals surface area contributed by atoms with Crippen LogP contribution in [0.1, 0.15) is 18.4 Å². The van der Waals surface area contributed by atoms with Crippen LogP contribution < -0.4 is 4.74 Å². The van der Waals surface area contributed by atoms with E-state index >= 15 is 0 Å². The van der Waals surface area contributed by atoms with Gasteiger partial charge in [0.05, 0.1) is 5.56 Å². The summed E-state index contributed by atoms with van der Waals surface area (Å²) in [5.41, 5.74) is 0.604. The molecule has 1 aromatic carbocycles. The summed E-state index contributed by atoms with van der Waals surface area (Å²) in [5, 5.41) is 8.99. The maximum absolute atomic E-state index is 8.99. The van der Waals surface area contributed by atoms with E-state index in [1.807, 2.05) is 18.2 Å². The molecule has 0 amide bonds. The standard InChI is InChI=1S/C16H23N3O/c1-18(10-11-19-8-4-5-9-19)12-13-20-16-7-3-2-6-15(16)14-17/h2-3,6-7H,4-5,8-13H2,1H3. The van der Waals surface area contributed by atoms with Gasteiger partial charge in [-0.15, -0.1) is 0 Å². The smallest absolute Gasteiger partial charge is 0.137 e. The van der Waals surface area contributed by atoms with Crippen molar-refractivity contribution in [2.24, 2.45) is 0 Å². The lowest BCUT2D eigenvalue weighted by molar-refractivity contribution is 0.213. The average Bonchev–Trinajstić information content (AvgIpc) is 2.99. The summed E-state index contributed by atoms with van der Waals surface area (Å²) in [6.07, 6.45) is 2.69. The monoisotopic (exact) mass is 273 g/mol. The minimum Gasteiger partial charge on any atom is -0.491 e. The van der Waals surface area contributed by atoms with Crippen molar-refractivity contribution in [2.75, 3.05) is 46.4 Å². The Labute approximate surface area is 121 Å². The lowest BCUT2D eigenvalue weighted by Gasteiger charge is -2.21. The number of rotatable bonds is 7. The summed E-state index contributed by atoms with van der Waals surface area (Å²) >= 11 is 0. The molecule has 0 spiro atoms. The third kappa shape index (κ3) is 4.52. The van der Waals surface area contributed by atoms with Crippen LogP contribution in [0.25, 0.3) is 0 Å². The van der Waals surface area contributed by atoms with E-state index in [0.717, 1.165) is 19.6 Å². The highest BCUT2D eigenvalue weighted by molar-refractivity contribution is 5.42. The van der Waals surface area contributed by atoms with Crippen LogP contribution in [-0.4, -0.2) is 56.2 Å². The molecule has 0 saturated carbocycles. The zero-order valence-electron chi connectivity index (χ0n) is 12.2. The zero-order chi connectivity index (χ0) is 14.2. The van der Waals surface area contributed by atoms with Gasteiger partial charge in [0, 0.05) is 19.6 Å². The number of hydrogen-bond acceptors (Lipinski definition) is 4. The van der Waals surface area contributed by atoms with Gasteiger partial charge in [-0.3, -0.25) is 0 Å². The van der Waals surface area contributed by atoms with Crippen LogP contribution in [0.15, 0.2) is 24.3 Å². The molecule has 2 rings (SSSR count). The first-order valence-corrected chi connectivity index (χ1v) is 7.32. The summed E-state index contributed by atoms with van der Waals surface area (Å²) in [5.74, 6) is 0.683. The Morgan fingerprint density at radius 2 is 2.00 bits per heavy atom. The number of ether oxygens (including phenoxy) is 1. The van der Waals surface area contributed by atoms with Crippen molar-refractivity contribution in [2.45, 2.75) is 12.8 Å². The zero-order valence-corrected chi connectivity index (χ0v) is 12.2. The molecule has 0 N–H and O–H groups in total. The number of para-hydroxylation sites is 1. The second kappa shape index (κ2) is 7.88. The molecule has 0 aliphatic carbocycles. The average molecular weight is 273 g/mol. The van der Waals surface area contributed by atoms with E-state index in [9.17, 15) is 0 Å². The Morgan fingerprint density at radius 3 is 2.75 bits per heavy atom. The van der Waals surface area contributed by atoms with Crippen molar-refractivity contribution in [3.63, 3.8) is 0 Å². The number of hydrogen-bond donors (Lipinski definition) is 0. The van der Waals surface area contributed by atoms with Gasteiger partial charge in [-0.05, 0) is 45.1 Å². The van der Waals surface area contributed by atoms with Gasteiger partial charge in [0.15, 0.2) is 0 Å². The molecular weight excluding hydrogens is 250 g/mol. The number of likely N-dealkylation sites (tertiary alicyclic amines) is 1. The molecule has 20 heavy (non-hydrogen) atoms. The van der Waals surface area contributed by atoms with E-state index in [1.54, 1.807) is 6.07 Å². The Hall–Kier alpha value is -1.57. The van der Waals surface area contributed by atoms with Crippen LogP contribution in [-0.2, 0) is 0 Å². The van der Waals surface area contributed by atoms with Crippen molar-refractivity contribution in [3.05, 3.63) is 29.8 Å². The predicted octanol–water partition coefficient (Wildman–Crippen LogP) is 1.96. The van der Waals surface area contributed by atoms with Gasteiger partial charge in [-0.25, -0.2) is 0 Å². The predicted molar refractivity (Wildman–Crippen MR) is 79.8 cm³/mol. The quantitative estimate of drug-likeness (QED) is 0.761. The summed E-state index contributed by atoms with van der Waals surface area (Å²) in [4.78, 5) is 4.80. The van der Waals surface area contributed by atoms with Crippen molar-refractivity contribution >= 4 is 0 Å². The molecule has 0 bridgehead atoms. The van der Waals surface area contributed by atoms with Crippen LogP contribution >= 0.6 is 0 Å². The minimum absolute atomic E-state index is 0.604. The molecule has 1 aliphatic heterocycles. The molecule has 0 aromatic heterocycles. The van der Waals surface area contributed by atoms with Gasteiger partial charge < -0.3 is 14.5 Å². The third-order valence-electron chi connectivity index (χ3n) is 3.73. The van der Waals surface area contributed by atoms with Crippen LogP contribution in [0.5, 0.6) is 5.75 Å². The van der Waals surface area contributed by atoms with E-state index in [4.69, 9.17) is 10.00 Å². The molecule has 4 heteroatoms. The Bertz CT molecular complexity index is 449. The molecule has 1 aromatic rings. The molecule has 0 atom stereocenters. The maximum Gasteiger partial charge on any atom is 0.137 e. The van der Waals surface area contributed by atoms with Crippen molar-refractivity contribution in [3.8, 4) is 11.8 Å². The van der Waals surface area contributed by atoms with E-state index in [2.05, 4.69) is 22.9 Å². The molecule has 1 heterocycles. The number of nitriles is 1. The normalized spacial score (nSPS) is 15.4. The second-order valence-corrected chi connectivity index (χ2v) is 5.31. The summed E-state index contributed by atoms with van der Waals surface area (Å²) in [6, 6.07) is 9.54. The largest absolute Gasteiger partial charge is 0.491 e. The SMILES string of the molecule is CN(CCOc1ccccc1C#N)CCN1CCCC1. The Kier molecular flexibility index (Phi) is 5.85. The Morgan fingerprint density at radius 1 is 1.25 bits per heavy atom. The van der Waals surface area contributed by atoms with Crippen molar-refractivity contribution < 1.29 is 4.74 Å².